The van der Waals surface area contributed by atoms with Gasteiger partial charge in [-0.25, -0.2) is 13.1 Å². The van der Waals surface area contributed by atoms with Crippen molar-refractivity contribution in [2.45, 2.75) is 18.2 Å². The number of carbonyl (C=O) groups excluding carboxylic acids is 1. The molecule has 0 atom stereocenters. The van der Waals surface area contributed by atoms with Crippen molar-refractivity contribution in [2.24, 2.45) is 0 Å². The second-order valence-electron chi connectivity index (χ2n) is 4.46. The minimum Gasteiger partial charge on any atom is -0.466 e. The molecule has 0 saturated carbocycles. The van der Waals surface area contributed by atoms with Crippen molar-refractivity contribution in [3.63, 3.8) is 0 Å². The Labute approximate surface area is 124 Å². The third-order valence-corrected chi connectivity index (χ3v) is 4.42. The van der Waals surface area contributed by atoms with Crippen LogP contribution in [-0.4, -0.2) is 27.5 Å². The maximum absolute atomic E-state index is 12.2. The van der Waals surface area contributed by atoms with Crippen LogP contribution in [0.3, 0.4) is 0 Å². The van der Waals surface area contributed by atoms with E-state index >= 15 is 0 Å². The van der Waals surface area contributed by atoms with Crippen LogP contribution in [0.2, 0.25) is 0 Å². The second-order valence-corrected chi connectivity index (χ2v) is 6.23. The predicted octanol–water partition coefficient (Wildman–Crippen LogP) is 2.07. The lowest BCUT2D eigenvalue weighted by molar-refractivity contribution is -0.142. The Balaban J connectivity index is 2.09. The first-order valence-electron chi connectivity index (χ1n) is 6.67. The molecular formula is C15H17NO4S. The molecule has 0 heterocycles. The fraction of sp³-hybridized carbons (Fsp3) is 0.267. The van der Waals surface area contributed by atoms with Gasteiger partial charge in [-0.1, -0.05) is 30.3 Å². The summed E-state index contributed by atoms with van der Waals surface area (Å²) in [6.07, 6.45) is 0.0145. The van der Waals surface area contributed by atoms with E-state index in [2.05, 4.69) is 4.72 Å². The number of sulfonamides is 1. The highest BCUT2D eigenvalue weighted by molar-refractivity contribution is 7.89. The van der Waals surface area contributed by atoms with Crippen LogP contribution in [-0.2, 0) is 19.6 Å². The molecule has 6 heteroatoms. The molecule has 0 amide bonds. The van der Waals surface area contributed by atoms with Gasteiger partial charge < -0.3 is 4.74 Å². The summed E-state index contributed by atoms with van der Waals surface area (Å²) in [4.78, 5) is 11.4. The fourth-order valence-corrected chi connectivity index (χ4v) is 3.01. The molecule has 0 spiro atoms. The van der Waals surface area contributed by atoms with Gasteiger partial charge >= 0.3 is 5.97 Å². The molecule has 21 heavy (non-hydrogen) atoms. The van der Waals surface area contributed by atoms with E-state index in [1.807, 2.05) is 24.3 Å². The molecule has 0 aromatic heterocycles. The van der Waals surface area contributed by atoms with Crippen LogP contribution >= 0.6 is 0 Å². The number of nitrogens with one attached hydrogen (secondary N) is 1. The zero-order valence-corrected chi connectivity index (χ0v) is 12.5. The van der Waals surface area contributed by atoms with Gasteiger partial charge in [-0.3, -0.25) is 4.79 Å². The van der Waals surface area contributed by atoms with Gasteiger partial charge in [0.2, 0.25) is 10.0 Å². The van der Waals surface area contributed by atoms with Crippen LogP contribution in [0.4, 0.5) is 0 Å². The Kier molecular flexibility index (Phi) is 4.93. The smallest absolute Gasteiger partial charge is 0.307 e. The van der Waals surface area contributed by atoms with Crippen molar-refractivity contribution in [1.29, 1.82) is 0 Å². The van der Waals surface area contributed by atoms with Crippen molar-refractivity contribution >= 4 is 26.8 Å². The van der Waals surface area contributed by atoms with Crippen LogP contribution in [0.25, 0.3) is 10.8 Å². The number of ether oxygens (including phenoxy) is 1. The zero-order valence-electron chi connectivity index (χ0n) is 11.7. The summed E-state index contributed by atoms with van der Waals surface area (Å²) in [5, 5.41) is 1.83. The molecule has 0 radical (unpaired) electrons. The molecule has 0 unspecified atom stereocenters. The summed E-state index contributed by atoms with van der Waals surface area (Å²) in [6.45, 7) is 2.02. The number of hydrogen-bond donors (Lipinski definition) is 1. The predicted molar refractivity (Wildman–Crippen MR) is 80.4 cm³/mol. The summed E-state index contributed by atoms with van der Waals surface area (Å²) in [5.74, 6) is -0.418. The minimum atomic E-state index is -3.62. The summed E-state index contributed by atoms with van der Waals surface area (Å²) in [7, 11) is -3.62. The molecule has 1 N–H and O–H groups in total. The summed E-state index contributed by atoms with van der Waals surface area (Å²) >= 11 is 0. The number of carbonyl (C=O) groups is 1. The molecule has 0 aliphatic rings. The molecule has 5 nitrogen and oxygen atoms in total. The highest BCUT2D eigenvalue weighted by Crippen LogP contribution is 2.18. The third-order valence-electron chi connectivity index (χ3n) is 2.96. The number of rotatable bonds is 6. The molecule has 0 saturated heterocycles. The lowest BCUT2D eigenvalue weighted by Gasteiger charge is -2.07. The number of hydrogen-bond acceptors (Lipinski definition) is 4. The maximum atomic E-state index is 12.2. The molecule has 2 aromatic rings. The van der Waals surface area contributed by atoms with E-state index in [1.165, 1.54) is 0 Å². The highest BCUT2D eigenvalue weighted by Gasteiger charge is 2.14. The molecule has 2 aromatic carbocycles. The number of fused-ring (bicyclic) bond motifs is 1. The lowest BCUT2D eigenvalue weighted by Crippen LogP contribution is -2.26. The van der Waals surface area contributed by atoms with Crippen LogP contribution in [0.5, 0.6) is 0 Å². The van der Waals surface area contributed by atoms with Gasteiger partial charge in [0.25, 0.3) is 0 Å². The van der Waals surface area contributed by atoms with Crippen LogP contribution < -0.4 is 4.72 Å². The summed E-state index contributed by atoms with van der Waals surface area (Å²) in [6, 6.07) is 12.4. The van der Waals surface area contributed by atoms with Gasteiger partial charge in [0.05, 0.1) is 17.9 Å². The van der Waals surface area contributed by atoms with Gasteiger partial charge in [0.1, 0.15) is 0 Å². The van der Waals surface area contributed by atoms with Gasteiger partial charge in [0.15, 0.2) is 0 Å². The van der Waals surface area contributed by atoms with Gasteiger partial charge in [-0.2, -0.15) is 0 Å². The van der Waals surface area contributed by atoms with Crippen LogP contribution in [0, 0.1) is 0 Å². The standard InChI is InChI=1S/C15H17NO4S/c1-2-20-15(17)9-10-16-21(18,19)14-8-7-12-5-3-4-6-13(12)11-14/h3-8,11,16H,2,9-10H2,1H3. The molecule has 0 aliphatic heterocycles. The zero-order chi connectivity index (χ0) is 15.3. The first-order chi connectivity index (χ1) is 10.0. The first-order valence-corrected chi connectivity index (χ1v) is 8.15. The van der Waals surface area contributed by atoms with Gasteiger partial charge in [-0.05, 0) is 29.8 Å². The Morgan fingerprint density at radius 1 is 1.14 bits per heavy atom. The van der Waals surface area contributed by atoms with E-state index < -0.39 is 16.0 Å². The molecule has 0 bridgehead atoms. The number of benzene rings is 2. The van der Waals surface area contributed by atoms with E-state index in [0.29, 0.717) is 0 Å². The van der Waals surface area contributed by atoms with Crippen molar-refractivity contribution in [2.75, 3.05) is 13.2 Å². The monoisotopic (exact) mass is 307 g/mol. The quantitative estimate of drug-likeness (QED) is 0.829. The Hall–Kier alpha value is -1.92. The maximum Gasteiger partial charge on any atom is 0.307 e. The van der Waals surface area contributed by atoms with E-state index in [9.17, 15) is 13.2 Å². The normalized spacial score (nSPS) is 11.5. The van der Waals surface area contributed by atoms with Crippen molar-refractivity contribution in [1.82, 2.24) is 4.72 Å². The Bertz CT molecular complexity index is 740. The van der Waals surface area contributed by atoms with E-state index in [-0.39, 0.29) is 24.5 Å². The molecular weight excluding hydrogens is 290 g/mol. The summed E-state index contributed by atoms with van der Waals surface area (Å²) < 4.78 is 31.5. The molecule has 2 rings (SSSR count). The highest BCUT2D eigenvalue weighted by atomic mass is 32.2. The third kappa shape index (κ3) is 4.03. The largest absolute Gasteiger partial charge is 0.466 e. The molecule has 0 aliphatic carbocycles. The lowest BCUT2D eigenvalue weighted by atomic mass is 10.1. The van der Waals surface area contributed by atoms with Crippen molar-refractivity contribution in [3.8, 4) is 0 Å². The molecule has 0 fully saturated rings. The van der Waals surface area contributed by atoms with Crippen molar-refractivity contribution < 1.29 is 17.9 Å². The Morgan fingerprint density at radius 3 is 2.57 bits per heavy atom. The van der Waals surface area contributed by atoms with Crippen LogP contribution in [0.1, 0.15) is 13.3 Å². The molecule has 112 valence electrons. The summed E-state index contributed by atoms with van der Waals surface area (Å²) in [5.41, 5.74) is 0. The topological polar surface area (TPSA) is 72.5 Å². The minimum absolute atomic E-state index is 0.0145. The van der Waals surface area contributed by atoms with Gasteiger partial charge in [-0.15, -0.1) is 0 Å². The first kappa shape index (κ1) is 15.5. The average Bonchev–Trinajstić information content (AvgIpc) is 2.47. The Morgan fingerprint density at radius 2 is 1.86 bits per heavy atom. The van der Waals surface area contributed by atoms with E-state index in [4.69, 9.17) is 4.74 Å². The average molecular weight is 307 g/mol. The van der Waals surface area contributed by atoms with Crippen LogP contribution in [0.15, 0.2) is 47.4 Å². The van der Waals surface area contributed by atoms with E-state index in [0.717, 1.165) is 10.8 Å². The fourth-order valence-electron chi connectivity index (χ4n) is 1.94. The van der Waals surface area contributed by atoms with Gasteiger partial charge in [0, 0.05) is 6.54 Å². The number of esters is 1. The van der Waals surface area contributed by atoms with E-state index in [1.54, 1.807) is 25.1 Å². The van der Waals surface area contributed by atoms with Crippen molar-refractivity contribution in [3.05, 3.63) is 42.5 Å². The second kappa shape index (κ2) is 6.69. The SMILES string of the molecule is CCOC(=O)CCNS(=O)(=O)c1ccc2ccccc2c1.